The zero-order valence-electron chi connectivity index (χ0n) is 13.3. The maximum absolute atomic E-state index is 12.7. The molecule has 1 aliphatic heterocycles. The summed E-state index contributed by atoms with van der Waals surface area (Å²) in [4.78, 5) is 23.4. The van der Waals surface area contributed by atoms with Gasteiger partial charge in [-0.05, 0) is 26.7 Å². The molecule has 0 bridgehead atoms. The molecule has 22 heavy (non-hydrogen) atoms. The van der Waals surface area contributed by atoms with E-state index < -0.39 is 0 Å². The van der Waals surface area contributed by atoms with Crippen LogP contribution in [0.25, 0.3) is 0 Å². The molecular weight excluding hydrogens is 278 g/mol. The van der Waals surface area contributed by atoms with Crippen LogP contribution in [-0.4, -0.2) is 43.6 Å². The van der Waals surface area contributed by atoms with Crippen molar-refractivity contribution in [2.24, 2.45) is 7.05 Å². The van der Waals surface area contributed by atoms with E-state index in [9.17, 15) is 4.79 Å². The molecule has 1 amide bonds. The molecule has 0 spiro atoms. The minimum absolute atomic E-state index is 0.0657. The van der Waals surface area contributed by atoms with E-state index in [4.69, 9.17) is 0 Å². The minimum Gasteiger partial charge on any atom is -0.338 e. The first-order valence-corrected chi connectivity index (χ1v) is 7.62. The Morgan fingerprint density at radius 2 is 2.14 bits per heavy atom. The summed E-state index contributed by atoms with van der Waals surface area (Å²) in [5, 5.41) is 4.26. The number of hydrogen-bond acceptors (Lipinski definition) is 4. The van der Waals surface area contributed by atoms with Gasteiger partial charge in [0.05, 0.1) is 22.6 Å². The average Bonchev–Trinajstić information content (AvgIpc) is 2.85. The molecule has 3 rings (SSSR count). The lowest BCUT2D eigenvalue weighted by Gasteiger charge is -2.32. The van der Waals surface area contributed by atoms with Crippen molar-refractivity contribution in [1.29, 1.82) is 0 Å². The second-order valence-corrected chi connectivity index (χ2v) is 5.98. The maximum Gasteiger partial charge on any atom is 0.257 e. The SMILES string of the molecule is Cc1cncc([C@@H]2CCCN(C(=O)c3cn(C)nc3C)C2)n1. The Bertz CT molecular complexity index is 694. The van der Waals surface area contributed by atoms with E-state index in [-0.39, 0.29) is 11.8 Å². The summed E-state index contributed by atoms with van der Waals surface area (Å²) < 4.78 is 1.69. The number of amides is 1. The molecule has 0 aliphatic carbocycles. The van der Waals surface area contributed by atoms with Gasteiger partial charge in [-0.1, -0.05) is 0 Å². The number of rotatable bonds is 2. The van der Waals surface area contributed by atoms with Crippen molar-refractivity contribution < 1.29 is 4.79 Å². The Balaban J connectivity index is 1.78. The second kappa shape index (κ2) is 5.87. The average molecular weight is 299 g/mol. The van der Waals surface area contributed by atoms with Crippen LogP contribution in [0.5, 0.6) is 0 Å². The van der Waals surface area contributed by atoms with E-state index in [0.29, 0.717) is 12.1 Å². The fraction of sp³-hybridized carbons (Fsp3) is 0.500. The Labute approximate surface area is 130 Å². The Morgan fingerprint density at radius 3 is 2.82 bits per heavy atom. The van der Waals surface area contributed by atoms with E-state index in [0.717, 1.165) is 36.5 Å². The molecule has 1 fully saturated rings. The summed E-state index contributed by atoms with van der Waals surface area (Å²) in [5.41, 5.74) is 3.38. The largest absolute Gasteiger partial charge is 0.338 e. The normalized spacial score (nSPS) is 18.5. The fourth-order valence-corrected chi connectivity index (χ4v) is 3.06. The highest BCUT2D eigenvalue weighted by molar-refractivity contribution is 5.95. The van der Waals surface area contributed by atoms with Gasteiger partial charge in [0.2, 0.25) is 0 Å². The van der Waals surface area contributed by atoms with Crippen LogP contribution < -0.4 is 0 Å². The van der Waals surface area contributed by atoms with E-state index in [1.54, 1.807) is 17.1 Å². The summed E-state index contributed by atoms with van der Waals surface area (Å²) >= 11 is 0. The van der Waals surface area contributed by atoms with Gasteiger partial charge in [-0.25, -0.2) is 0 Å². The minimum atomic E-state index is 0.0657. The molecule has 0 N–H and O–H groups in total. The summed E-state index contributed by atoms with van der Waals surface area (Å²) in [6, 6.07) is 0. The van der Waals surface area contributed by atoms with Gasteiger partial charge in [-0.3, -0.25) is 19.4 Å². The van der Waals surface area contributed by atoms with Crippen LogP contribution in [0.4, 0.5) is 0 Å². The fourth-order valence-electron chi connectivity index (χ4n) is 3.06. The molecule has 0 radical (unpaired) electrons. The standard InChI is InChI=1S/C16H21N5O/c1-11-7-17-8-15(18-11)13-5-4-6-21(9-13)16(22)14-10-20(3)19-12(14)2/h7-8,10,13H,4-6,9H2,1-3H3/t13-/m1/s1. The predicted octanol–water partition coefficient (Wildman–Crippen LogP) is 1.85. The molecule has 6 heteroatoms. The molecule has 0 saturated carbocycles. The van der Waals surface area contributed by atoms with Crippen molar-refractivity contribution in [2.75, 3.05) is 13.1 Å². The molecule has 1 aliphatic rings. The number of piperidine rings is 1. The molecule has 2 aromatic rings. The first-order chi connectivity index (χ1) is 10.5. The number of nitrogens with zero attached hydrogens (tertiary/aromatic N) is 5. The summed E-state index contributed by atoms with van der Waals surface area (Å²) in [6.07, 6.45) is 7.42. The Hall–Kier alpha value is -2.24. The van der Waals surface area contributed by atoms with Gasteiger partial charge in [0, 0.05) is 44.6 Å². The summed E-state index contributed by atoms with van der Waals surface area (Å²) in [6.45, 7) is 5.32. The van der Waals surface area contributed by atoms with Crippen molar-refractivity contribution in [1.82, 2.24) is 24.6 Å². The van der Waals surface area contributed by atoms with Crippen LogP contribution in [0, 0.1) is 13.8 Å². The summed E-state index contributed by atoms with van der Waals surface area (Å²) in [7, 11) is 1.84. The lowest BCUT2D eigenvalue weighted by molar-refractivity contribution is 0.0705. The van der Waals surface area contributed by atoms with Crippen LogP contribution in [0.15, 0.2) is 18.6 Å². The quantitative estimate of drug-likeness (QED) is 0.849. The van der Waals surface area contributed by atoms with Crippen molar-refractivity contribution in [3.63, 3.8) is 0 Å². The van der Waals surface area contributed by atoms with Gasteiger partial charge in [-0.15, -0.1) is 0 Å². The highest BCUT2D eigenvalue weighted by Gasteiger charge is 2.28. The van der Waals surface area contributed by atoms with Crippen LogP contribution >= 0.6 is 0 Å². The maximum atomic E-state index is 12.7. The smallest absolute Gasteiger partial charge is 0.257 e. The highest BCUT2D eigenvalue weighted by atomic mass is 16.2. The van der Waals surface area contributed by atoms with Gasteiger partial charge >= 0.3 is 0 Å². The summed E-state index contributed by atoms with van der Waals surface area (Å²) in [5.74, 6) is 0.331. The van der Waals surface area contributed by atoms with Gasteiger partial charge in [0.25, 0.3) is 5.91 Å². The van der Waals surface area contributed by atoms with E-state index in [2.05, 4.69) is 15.1 Å². The molecular formula is C16H21N5O. The second-order valence-electron chi connectivity index (χ2n) is 5.98. The van der Waals surface area contributed by atoms with Crippen LogP contribution in [0.2, 0.25) is 0 Å². The number of aryl methyl sites for hydroxylation is 3. The molecule has 3 heterocycles. The molecule has 0 unspecified atom stereocenters. The monoisotopic (exact) mass is 299 g/mol. The lowest BCUT2D eigenvalue weighted by Crippen LogP contribution is -2.39. The molecule has 116 valence electrons. The highest BCUT2D eigenvalue weighted by Crippen LogP contribution is 2.26. The third-order valence-electron chi connectivity index (χ3n) is 4.14. The Morgan fingerprint density at radius 1 is 1.32 bits per heavy atom. The van der Waals surface area contributed by atoms with Crippen molar-refractivity contribution in [2.45, 2.75) is 32.6 Å². The third-order valence-corrected chi connectivity index (χ3v) is 4.14. The van der Waals surface area contributed by atoms with Crippen molar-refractivity contribution in [3.8, 4) is 0 Å². The number of hydrogen-bond donors (Lipinski definition) is 0. The zero-order valence-corrected chi connectivity index (χ0v) is 13.3. The van der Waals surface area contributed by atoms with Crippen LogP contribution in [0.1, 0.15) is 46.2 Å². The van der Waals surface area contributed by atoms with Crippen molar-refractivity contribution in [3.05, 3.63) is 41.2 Å². The number of carbonyl (C=O) groups is 1. The van der Waals surface area contributed by atoms with E-state index in [1.807, 2.05) is 32.0 Å². The first kappa shape index (κ1) is 14.7. The van der Waals surface area contributed by atoms with E-state index >= 15 is 0 Å². The van der Waals surface area contributed by atoms with Gasteiger partial charge in [-0.2, -0.15) is 5.10 Å². The molecule has 2 aromatic heterocycles. The lowest BCUT2D eigenvalue weighted by atomic mass is 9.94. The van der Waals surface area contributed by atoms with Gasteiger partial charge in [0.1, 0.15) is 0 Å². The Kier molecular flexibility index (Phi) is 3.92. The molecule has 0 aromatic carbocycles. The van der Waals surface area contributed by atoms with Gasteiger partial charge in [0.15, 0.2) is 0 Å². The molecule has 1 saturated heterocycles. The number of aromatic nitrogens is 4. The number of likely N-dealkylation sites (tertiary alicyclic amines) is 1. The number of carbonyl (C=O) groups excluding carboxylic acids is 1. The van der Waals surface area contributed by atoms with Crippen LogP contribution in [-0.2, 0) is 7.05 Å². The third kappa shape index (κ3) is 2.86. The topological polar surface area (TPSA) is 63.9 Å². The van der Waals surface area contributed by atoms with Crippen LogP contribution in [0.3, 0.4) is 0 Å². The zero-order chi connectivity index (χ0) is 15.7. The first-order valence-electron chi connectivity index (χ1n) is 7.62. The molecule has 1 atom stereocenters. The van der Waals surface area contributed by atoms with Gasteiger partial charge < -0.3 is 4.90 Å². The van der Waals surface area contributed by atoms with E-state index in [1.165, 1.54) is 0 Å². The molecule has 6 nitrogen and oxygen atoms in total. The van der Waals surface area contributed by atoms with Crippen molar-refractivity contribution >= 4 is 5.91 Å². The predicted molar refractivity (Wildman–Crippen MR) is 82.6 cm³/mol.